The predicted octanol–water partition coefficient (Wildman–Crippen LogP) is 5.11. The van der Waals surface area contributed by atoms with E-state index in [9.17, 15) is 9.59 Å². The minimum Gasteiger partial charge on any atom is -0.497 e. The number of esters is 1. The zero-order valence-corrected chi connectivity index (χ0v) is 20.3. The third kappa shape index (κ3) is 4.93. The van der Waals surface area contributed by atoms with E-state index < -0.39 is 17.8 Å². The molecule has 1 heterocycles. The molecule has 0 fully saturated rings. The van der Waals surface area contributed by atoms with Crippen molar-refractivity contribution in [3.05, 3.63) is 76.0 Å². The van der Waals surface area contributed by atoms with Crippen LogP contribution in [-0.4, -0.2) is 44.9 Å². The maximum Gasteiger partial charge on any atom is 0.315 e. The van der Waals surface area contributed by atoms with Crippen molar-refractivity contribution in [1.82, 2.24) is 0 Å². The summed E-state index contributed by atoms with van der Waals surface area (Å²) in [5.41, 5.74) is 3.90. The topological polar surface area (TPSA) is 74.2 Å². The van der Waals surface area contributed by atoms with Crippen molar-refractivity contribution >= 4 is 29.1 Å². The van der Waals surface area contributed by atoms with E-state index in [-0.39, 0.29) is 18.3 Å². The van der Waals surface area contributed by atoms with Crippen LogP contribution in [0.3, 0.4) is 0 Å². The van der Waals surface area contributed by atoms with Gasteiger partial charge in [-0.3, -0.25) is 14.6 Å². The molecule has 1 aliphatic heterocycles. The number of hydrogen-bond acceptors (Lipinski definition) is 6. The Morgan fingerprint density at radius 1 is 1.00 bits per heavy atom. The highest BCUT2D eigenvalue weighted by molar-refractivity contribution is 6.30. The Bertz CT molecular complexity index is 1120. The summed E-state index contributed by atoms with van der Waals surface area (Å²) < 4.78 is 15.7. The molecule has 2 aliphatic rings. The summed E-state index contributed by atoms with van der Waals surface area (Å²) in [5.74, 6) is -0.759. The first kappa shape index (κ1) is 24.2. The molecule has 0 saturated carbocycles. The highest BCUT2D eigenvalue weighted by Crippen LogP contribution is 2.47. The molecule has 0 N–H and O–H groups in total. The van der Waals surface area contributed by atoms with Crippen LogP contribution in [0.4, 0.5) is 0 Å². The van der Waals surface area contributed by atoms with Gasteiger partial charge in [-0.25, -0.2) is 0 Å². The quantitative estimate of drug-likeness (QED) is 0.405. The van der Waals surface area contributed by atoms with E-state index in [0.717, 1.165) is 22.6 Å². The zero-order valence-electron chi connectivity index (χ0n) is 19.5. The van der Waals surface area contributed by atoms with E-state index in [2.05, 4.69) is 0 Å². The van der Waals surface area contributed by atoms with Crippen LogP contribution in [0.5, 0.6) is 5.75 Å². The first-order valence-electron chi connectivity index (χ1n) is 11.3. The van der Waals surface area contributed by atoms with Crippen molar-refractivity contribution in [3.8, 4) is 5.75 Å². The van der Waals surface area contributed by atoms with Gasteiger partial charge in [0.2, 0.25) is 0 Å². The van der Waals surface area contributed by atoms with Gasteiger partial charge in [0.1, 0.15) is 18.3 Å². The summed E-state index contributed by atoms with van der Waals surface area (Å²) in [4.78, 5) is 31.5. The van der Waals surface area contributed by atoms with E-state index in [1.165, 1.54) is 0 Å². The number of ketones is 1. The largest absolute Gasteiger partial charge is 0.497 e. The minimum absolute atomic E-state index is 0.00737. The fourth-order valence-electron chi connectivity index (χ4n) is 4.82. The molecule has 0 radical (unpaired) electrons. The summed E-state index contributed by atoms with van der Waals surface area (Å²) in [6.45, 7) is 2.28. The van der Waals surface area contributed by atoms with Crippen molar-refractivity contribution < 1.29 is 23.8 Å². The van der Waals surface area contributed by atoms with Gasteiger partial charge < -0.3 is 14.2 Å². The highest BCUT2D eigenvalue weighted by Gasteiger charge is 2.44. The number of rotatable bonds is 7. The zero-order chi connectivity index (χ0) is 24.2. The second kappa shape index (κ2) is 10.5. The second-order valence-electron chi connectivity index (χ2n) is 8.58. The minimum atomic E-state index is -0.682. The SMILES string of the molecule is COCCOC(=O)C1C(C)=NC2=C(C(=O)C[C@@H](c3ccc(OC)cc3)C2)[C@H]1c1ccc(Cl)cc1. The molecule has 7 heteroatoms. The van der Waals surface area contributed by atoms with Crippen LogP contribution in [-0.2, 0) is 19.1 Å². The number of Topliss-reactive ketones (excluding diaryl/α,β-unsaturated/α-hetero) is 1. The van der Waals surface area contributed by atoms with Crippen LogP contribution >= 0.6 is 11.6 Å². The highest BCUT2D eigenvalue weighted by atomic mass is 35.5. The van der Waals surface area contributed by atoms with Crippen LogP contribution in [0, 0.1) is 5.92 Å². The van der Waals surface area contributed by atoms with E-state index in [4.69, 9.17) is 30.8 Å². The standard InChI is InChI=1S/C27H28ClNO5/c1-16-24(27(31)34-13-12-32-2)25(18-4-8-20(28)9-5-18)26-22(29-16)14-19(15-23(26)30)17-6-10-21(33-3)11-7-17/h4-11,19,24-25H,12-15H2,1-3H3/t19-,24?,25-/m0/s1. The maximum absolute atomic E-state index is 13.6. The predicted molar refractivity (Wildman–Crippen MR) is 131 cm³/mol. The lowest BCUT2D eigenvalue weighted by Crippen LogP contribution is -2.38. The average molecular weight is 482 g/mol. The van der Waals surface area contributed by atoms with Gasteiger partial charge in [-0.2, -0.15) is 0 Å². The van der Waals surface area contributed by atoms with E-state index >= 15 is 0 Å². The van der Waals surface area contributed by atoms with Crippen molar-refractivity contribution in [2.45, 2.75) is 31.6 Å². The lowest BCUT2D eigenvalue weighted by atomic mass is 9.69. The van der Waals surface area contributed by atoms with Crippen molar-refractivity contribution in [3.63, 3.8) is 0 Å². The number of ether oxygens (including phenoxy) is 3. The Hall–Kier alpha value is -2.96. The van der Waals surface area contributed by atoms with Gasteiger partial charge in [-0.05, 0) is 54.7 Å². The fraction of sp³-hybridized carbons (Fsp3) is 0.370. The van der Waals surface area contributed by atoms with Gasteiger partial charge >= 0.3 is 5.97 Å². The number of carbonyl (C=O) groups is 2. The molecule has 2 aromatic carbocycles. The Morgan fingerprint density at radius 3 is 2.32 bits per heavy atom. The van der Waals surface area contributed by atoms with E-state index in [1.54, 1.807) is 26.4 Å². The molecule has 1 unspecified atom stereocenters. The normalized spacial score (nSPS) is 22.2. The van der Waals surface area contributed by atoms with Crippen LogP contribution < -0.4 is 4.74 Å². The lowest BCUT2D eigenvalue weighted by molar-refractivity contribution is -0.147. The van der Waals surface area contributed by atoms with Gasteiger partial charge in [0, 0.05) is 41.5 Å². The fourth-order valence-corrected chi connectivity index (χ4v) is 4.95. The Labute approximate surface area is 204 Å². The van der Waals surface area contributed by atoms with Crippen molar-refractivity contribution in [2.75, 3.05) is 27.4 Å². The molecule has 0 spiro atoms. The monoisotopic (exact) mass is 481 g/mol. The molecular formula is C27H28ClNO5. The Kier molecular flexibility index (Phi) is 7.49. The smallest absolute Gasteiger partial charge is 0.315 e. The van der Waals surface area contributed by atoms with Crippen LogP contribution in [0.1, 0.15) is 42.7 Å². The van der Waals surface area contributed by atoms with Crippen molar-refractivity contribution in [1.29, 1.82) is 0 Å². The number of carbonyl (C=O) groups excluding carboxylic acids is 2. The third-order valence-corrected chi connectivity index (χ3v) is 6.74. The molecule has 0 amide bonds. The summed E-state index contributed by atoms with van der Waals surface area (Å²) in [5, 5.41) is 0.591. The number of halogens is 1. The van der Waals surface area contributed by atoms with Crippen LogP contribution in [0.15, 0.2) is 64.8 Å². The van der Waals surface area contributed by atoms with E-state index in [1.807, 2.05) is 43.3 Å². The summed E-state index contributed by atoms with van der Waals surface area (Å²) >= 11 is 6.12. The lowest BCUT2D eigenvalue weighted by Gasteiger charge is -2.36. The summed E-state index contributed by atoms with van der Waals surface area (Å²) in [6, 6.07) is 15.1. The molecule has 3 atom stereocenters. The number of aliphatic imine (C=N–C) groups is 1. The molecule has 2 aromatic rings. The first-order valence-corrected chi connectivity index (χ1v) is 11.7. The Balaban J connectivity index is 1.72. The molecular weight excluding hydrogens is 454 g/mol. The molecule has 4 rings (SSSR count). The number of allylic oxidation sites excluding steroid dienone is 2. The van der Waals surface area contributed by atoms with Crippen LogP contribution in [0.2, 0.25) is 5.02 Å². The van der Waals surface area contributed by atoms with Gasteiger partial charge in [0.15, 0.2) is 5.78 Å². The number of benzene rings is 2. The summed E-state index contributed by atoms with van der Waals surface area (Å²) in [6.07, 6.45) is 0.982. The molecule has 1 aliphatic carbocycles. The Morgan fingerprint density at radius 2 is 1.68 bits per heavy atom. The molecule has 0 aromatic heterocycles. The van der Waals surface area contributed by atoms with Gasteiger partial charge in [-0.1, -0.05) is 35.9 Å². The van der Waals surface area contributed by atoms with E-state index in [0.29, 0.717) is 35.8 Å². The summed E-state index contributed by atoms with van der Waals surface area (Å²) in [7, 11) is 3.18. The van der Waals surface area contributed by atoms with Gasteiger partial charge in [0.05, 0.1) is 13.7 Å². The number of nitrogens with zero attached hydrogens (tertiary/aromatic N) is 1. The number of methoxy groups -OCH3 is 2. The van der Waals surface area contributed by atoms with Gasteiger partial charge in [-0.15, -0.1) is 0 Å². The third-order valence-electron chi connectivity index (χ3n) is 6.49. The second-order valence-corrected chi connectivity index (χ2v) is 9.02. The molecule has 0 saturated heterocycles. The van der Waals surface area contributed by atoms with Gasteiger partial charge in [0.25, 0.3) is 0 Å². The molecule has 0 bridgehead atoms. The molecule has 6 nitrogen and oxygen atoms in total. The first-order chi connectivity index (χ1) is 16.4. The number of hydrogen-bond donors (Lipinski definition) is 0. The average Bonchev–Trinajstić information content (AvgIpc) is 2.83. The molecule has 178 valence electrons. The van der Waals surface area contributed by atoms with Crippen molar-refractivity contribution in [2.24, 2.45) is 10.9 Å². The maximum atomic E-state index is 13.6. The van der Waals surface area contributed by atoms with Crippen LogP contribution in [0.25, 0.3) is 0 Å². The molecule has 34 heavy (non-hydrogen) atoms.